The van der Waals surface area contributed by atoms with Gasteiger partial charge in [-0.25, -0.2) is 9.37 Å². The molecule has 3 N–H and O–H groups in total. The van der Waals surface area contributed by atoms with Crippen LogP contribution in [-0.2, 0) is 0 Å². The Morgan fingerprint density at radius 1 is 1.40 bits per heavy atom. The molecule has 1 aliphatic rings. The highest BCUT2D eigenvalue weighted by atomic mass is 35.5. The molecule has 1 aromatic carbocycles. The molecule has 1 saturated carbocycles. The van der Waals surface area contributed by atoms with E-state index in [1.54, 1.807) is 12.4 Å². The number of allylic oxidation sites excluding steroid dienone is 1. The van der Waals surface area contributed by atoms with Gasteiger partial charge >= 0.3 is 0 Å². The zero-order valence-corrected chi connectivity index (χ0v) is 14.8. The second-order valence-corrected chi connectivity index (χ2v) is 6.80. The summed E-state index contributed by atoms with van der Waals surface area (Å²) in [7, 11) is 1.91. The lowest BCUT2D eigenvalue weighted by atomic mass is 9.99. The minimum Gasteiger partial charge on any atom is -0.391 e. The maximum absolute atomic E-state index is 13.6. The number of H-pyrrole nitrogens is 2. The summed E-state index contributed by atoms with van der Waals surface area (Å²) in [5, 5.41) is 11.8. The van der Waals surface area contributed by atoms with E-state index >= 15 is 0 Å². The van der Waals surface area contributed by atoms with Crippen LogP contribution in [0.5, 0.6) is 0 Å². The van der Waals surface area contributed by atoms with Gasteiger partial charge in [0.15, 0.2) is 0 Å². The zero-order valence-electron chi connectivity index (χ0n) is 14.0. The van der Waals surface area contributed by atoms with E-state index in [-0.39, 0.29) is 0 Å². The molecule has 0 radical (unpaired) electrons. The van der Waals surface area contributed by atoms with Crippen molar-refractivity contribution in [3.63, 3.8) is 0 Å². The van der Waals surface area contributed by atoms with Crippen molar-refractivity contribution in [2.75, 3.05) is 7.05 Å². The number of imidazole rings is 1. The van der Waals surface area contributed by atoms with Crippen LogP contribution in [-0.4, -0.2) is 27.2 Å². The number of nitrogens with one attached hydrogen (secondary N) is 3. The average molecular weight is 360 g/mol. The highest BCUT2D eigenvalue weighted by Crippen LogP contribution is 2.41. The molecule has 1 atom stereocenters. The zero-order chi connectivity index (χ0) is 17.6. The number of benzene rings is 1. The Hall–Kier alpha value is -2.34. The highest BCUT2D eigenvalue weighted by Gasteiger charge is 2.30. The number of hydrogen-bond acceptors (Lipinski definition) is 3. The summed E-state index contributed by atoms with van der Waals surface area (Å²) in [5.74, 6) is 1.12. The van der Waals surface area contributed by atoms with E-state index in [4.69, 9.17) is 11.6 Å². The quantitative estimate of drug-likeness (QED) is 0.634. The fourth-order valence-corrected chi connectivity index (χ4v) is 3.42. The van der Waals surface area contributed by atoms with Crippen LogP contribution in [0, 0.1) is 5.92 Å². The van der Waals surface area contributed by atoms with Crippen molar-refractivity contribution in [2.45, 2.75) is 25.9 Å². The lowest BCUT2D eigenvalue weighted by Gasteiger charge is -2.14. The summed E-state index contributed by atoms with van der Waals surface area (Å²) < 4.78 is 13.6. The third-order valence-corrected chi connectivity index (χ3v) is 4.85. The minimum absolute atomic E-state index is 0.397. The fourth-order valence-electron chi connectivity index (χ4n) is 3.15. The van der Waals surface area contributed by atoms with Gasteiger partial charge in [-0.2, -0.15) is 5.10 Å². The van der Waals surface area contributed by atoms with E-state index in [0.29, 0.717) is 22.5 Å². The minimum atomic E-state index is -1.12. The van der Waals surface area contributed by atoms with Crippen LogP contribution in [0.2, 0.25) is 5.02 Å². The molecule has 1 unspecified atom stereocenters. The van der Waals surface area contributed by atoms with Crippen molar-refractivity contribution in [2.24, 2.45) is 5.92 Å². The number of aromatic amines is 2. The van der Waals surface area contributed by atoms with Gasteiger partial charge in [0.05, 0.1) is 22.4 Å². The number of alkyl halides is 1. The Labute approximate surface area is 149 Å². The first-order valence-corrected chi connectivity index (χ1v) is 8.71. The largest absolute Gasteiger partial charge is 0.391 e. The SMILES string of the molecule is CN/C(=C(/c1cc(Cl)c2[nH]ncc2c1)c1nc(C(C)F)c[nH]1)C1CC1. The third kappa shape index (κ3) is 2.91. The van der Waals surface area contributed by atoms with Crippen LogP contribution in [0.3, 0.4) is 0 Å². The Balaban J connectivity index is 1.92. The lowest BCUT2D eigenvalue weighted by Crippen LogP contribution is -2.12. The van der Waals surface area contributed by atoms with Crippen LogP contribution < -0.4 is 5.32 Å². The summed E-state index contributed by atoms with van der Waals surface area (Å²) in [6, 6.07) is 3.93. The van der Waals surface area contributed by atoms with Crippen molar-refractivity contribution >= 4 is 28.1 Å². The van der Waals surface area contributed by atoms with Crippen molar-refractivity contribution in [1.29, 1.82) is 0 Å². The number of aromatic nitrogens is 4. The average Bonchev–Trinajstić information content (AvgIpc) is 3.10. The van der Waals surface area contributed by atoms with Gasteiger partial charge < -0.3 is 10.3 Å². The summed E-state index contributed by atoms with van der Waals surface area (Å²) in [6.45, 7) is 1.48. The highest BCUT2D eigenvalue weighted by molar-refractivity contribution is 6.35. The maximum Gasteiger partial charge on any atom is 0.141 e. The van der Waals surface area contributed by atoms with Crippen LogP contribution in [0.4, 0.5) is 4.39 Å². The Morgan fingerprint density at radius 3 is 2.84 bits per heavy atom. The van der Waals surface area contributed by atoms with E-state index in [0.717, 1.165) is 40.6 Å². The molecule has 0 aliphatic heterocycles. The Morgan fingerprint density at radius 2 is 2.20 bits per heavy atom. The van der Waals surface area contributed by atoms with Crippen LogP contribution in [0.25, 0.3) is 16.5 Å². The number of rotatable bonds is 5. The second-order valence-electron chi connectivity index (χ2n) is 6.40. The summed E-state index contributed by atoms with van der Waals surface area (Å²) >= 11 is 6.43. The van der Waals surface area contributed by atoms with Crippen molar-refractivity contribution < 1.29 is 4.39 Å². The van der Waals surface area contributed by atoms with Gasteiger partial charge in [-0.1, -0.05) is 11.6 Å². The van der Waals surface area contributed by atoms with Crippen LogP contribution in [0.1, 0.15) is 43.0 Å². The predicted octanol–water partition coefficient (Wildman–Crippen LogP) is 4.36. The third-order valence-electron chi connectivity index (χ3n) is 4.56. The van der Waals surface area contributed by atoms with E-state index in [2.05, 4.69) is 25.5 Å². The predicted molar refractivity (Wildman–Crippen MR) is 97.0 cm³/mol. The van der Waals surface area contributed by atoms with E-state index in [1.165, 1.54) is 6.92 Å². The Kier molecular flexibility index (Phi) is 4.00. The van der Waals surface area contributed by atoms with Crippen molar-refractivity contribution in [3.05, 3.63) is 52.3 Å². The van der Waals surface area contributed by atoms with Gasteiger partial charge in [0.1, 0.15) is 12.0 Å². The summed E-state index contributed by atoms with van der Waals surface area (Å²) in [5.41, 5.74) is 4.17. The first-order valence-electron chi connectivity index (χ1n) is 8.33. The Bertz CT molecular complexity index is 951. The molecule has 2 aromatic heterocycles. The van der Waals surface area contributed by atoms with Crippen LogP contribution >= 0.6 is 11.6 Å². The molecular weight excluding hydrogens is 341 g/mol. The molecule has 2 heterocycles. The first kappa shape index (κ1) is 16.1. The number of nitrogens with zero attached hydrogens (tertiary/aromatic N) is 2. The monoisotopic (exact) mass is 359 g/mol. The molecule has 3 aromatic rings. The number of fused-ring (bicyclic) bond motifs is 1. The lowest BCUT2D eigenvalue weighted by molar-refractivity contribution is 0.367. The van der Waals surface area contributed by atoms with Crippen molar-refractivity contribution in [1.82, 2.24) is 25.5 Å². The van der Waals surface area contributed by atoms with E-state index in [1.807, 2.05) is 19.2 Å². The molecule has 0 amide bonds. The van der Waals surface area contributed by atoms with E-state index in [9.17, 15) is 4.39 Å². The van der Waals surface area contributed by atoms with Gasteiger partial charge in [0.2, 0.25) is 0 Å². The molecule has 0 bridgehead atoms. The number of hydrogen-bond donors (Lipinski definition) is 3. The van der Waals surface area contributed by atoms with Crippen LogP contribution in [0.15, 0.2) is 30.2 Å². The molecule has 7 heteroatoms. The molecule has 1 aliphatic carbocycles. The topological polar surface area (TPSA) is 69.4 Å². The molecule has 25 heavy (non-hydrogen) atoms. The molecular formula is C18H19ClFN5. The molecule has 5 nitrogen and oxygen atoms in total. The second kappa shape index (κ2) is 6.19. The molecule has 130 valence electrons. The van der Waals surface area contributed by atoms with Crippen molar-refractivity contribution in [3.8, 4) is 0 Å². The molecule has 1 fully saturated rings. The standard InChI is InChI=1S/C18H19ClFN5/c1-9(20)14-8-22-18(24-14)15(17(21-2)10-3-4-10)11-5-12-7-23-25-16(12)13(19)6-11/h5-10,21H,3-4H2,1-2H3,(H,22,24)(H,23,25)/b17-15-. The van der Waals surface area contributed by atoms with E-state index < -0.39 is 6.17 Å². The van der Waals surface area contributed by atoms with Gasteiger partial charge in [-0.3, -0.25) is 5.10 Å². The van der Waals surface area contributed by atoms with Gasteiger partial charge in [-0.05, 0) is 43.4 Å². The summed E-state index contributed by atoms with van der Waals surface area (Å²) in [4.78, 5) is 7.60. The molecule has 0 saturated heterocycles. The normalized spacial score (nSPS) is 16.8. The van der Waals surface area contributed by atoms with Gasteiger partial charge in [-0.15, -0.1) is 0 Å². The summed E-state index contributed by atoms with van der Waals surface area (Å²) in [6.07, 6.45) is 4.52. The number of halogens is 2. The molecule has 0 spiro atoms. The smallest absolute Gasteiger partial charge is 0.141 e. The maximum atomic E-state index is 13.6. The van der Waals surface area contributed by atoms with Gasteiger partial charge in [0, 0.05) is 29.9 Å². The van der Waals surface area contributed by atoms with Gasteiger partial charge in [0.25, 0.3) is 0 Å². The fraction of sp³-hybridized carbons (Fsp3) is 0.333. The molecule has 4 rings (SSSR count). The first-order chi connectivity index (χ1) is 12.1.